The first-order valence-corrected chi connectivity index (χ1v) is 24.7. The van der Waals surface area contributed by atoms with Gasteiger partial charge in [-0.05, 0) is 112 Å². The molecule has 3 aliphatic heterocycles. The van der Waals surface area contributed by atoms with E-state index in [-0.39, 0.29) is 40.9 Å². The van der Waals surface area contributed by atoms with Crippen molar-refractivity contribution in [2.75, 3.05) is 60.0 Å². The predicted molar refractivity (Wildman–Crippen MR) is 270 cm³/mol. The maximum atomic E-state index is 13.7. The van der Waals surface area contributed by atoms with Gasteiger partial charge in [-0.1, -0.05) is 111 Å². The van der Waals surface area contributed by atoms with E-state index in [0.29, 0.717) is 31.5 Å². The second-order valence-electron chi connectivity index (χ2n) is 20.6. The Labute approximate surface area is 404 Å². The molecule has 0 aromatic rings. The number of carboxylic acid groups (broad SMARTS) is 1. The molecule has 4 atom stereocenters. The van der Waals surface area contributed by atoms with Crippen LogP contribution in [0.25, 0.3) is 0 Å². The third-order valence-corrected chi connectivity index (χ3v) is 13.8. The number of hydrogen-bond donors (Lipinski definition) is 6. The lowest BCUT2D eigenvalue weighted by atomic mass is 9.70. The number of urea groups is 1. The molecule has 15 nitrogen and oxygen atoms in total. The number of aliphatic hydroxyl groups excluding tert-OH is 1. The van der Waals surface area contributed by atoms with E-state index in [9.17, 15) is 24.0 Å². The number of allylic oxidation sites excluding steroid dienone is 3. The first-order valence-electron chi connectivity index (χ1n) is 24.7. The fraction of sp³-hybridized carbons (Fsp3) is 0.731. The van der Waals surface area contributed by atoms with Gasteiger partial charge in [0.15, 0.2) is 0 Å². The summed E-state index contributed by atoms with van der Waals surface area (Å²) in [7, 11) is 2.69. The average Bonchev–Trinajstić information content (AvgIpc) is 3.60. The summed E-state index contributed by atoms with van der Waals surface area (Å²) in [4.78, 5) is 74.8. The van der Waals surface area contributed by atoms with E-state index in [1.54, 1.807) is 13.1 Å². The summed E-state index contributed by atoms with van der Waals surface area (Å²) >= 11 is 0. The molecular formula is C52H91N7O8. The highest BCUT2D eigenvalue weighted by Gasteiger charge is 2.44. The van der Waals surface area contributed by atoms with Gasteiger partial charge in [0, 0.05) is 51.9 Å². The van der Waals surface area contributed by atoms with Gasteiger partial charge in [-0.15, -0.1) is 6.58 Å². The second-order valence-corrected chi connectivity index (χ2v) is 20.6. The lowest BCUT2D eigenvalue weighted by Gasteiger charge is -2.43. The number of amides is 5. The summed E-state index contributed by atoms with van der Waals surface area (Å²) in [6.45, 7) is 28.5. The monoisotopic (exact) mass is 942 g/mol. The largest absolute Gasteiger partial charge is 0.465 e. The molecule has 0 spiro atoms. The fourth-order valence-corrected chi connectivity index (χ4v) is 9.11. The number of nitrogens with zero attached hydrogens (tertiary/aromatic N) is 3. The fourth-order valence-electron chi connectivity index (χ4n) is 9.11. The van der Waals surface area contributed by atoms with Crippen LogP contribution in [-0.2, 0) is 19.2 Å². The molecule has 2 saturated heterocycles. The zero-order valence-corrected chi connectivity index (χ0v) is 43.1. The Bertz CT molecular complexity index is 1640. The highest BCUT2D eigenvalue weighted by molar-refractivity contribution is 6.38. The molecule has 0 bridgehead atoms. The molecule has 0 aromatic heterocycles. The van der Waals surface area contributed by atoms with Gasteiger partial charge in [0.05, 0.1) is 6.04 Å². The van der Waals surface area contributed by atoms with Crippen LogP contribution in [0.2, 0.25) is 0 Å². The number of ketones is 1. The topological polar surface area (TPSA) is 201 Å². The van der Waals surface area contributed by atoms with Gasteiger partial charge in [0.1, 0.15) is 12.8 Å². The highest BCUT2D eigenvalue weighted by Crippen LogP contribution is 2.40. The van der Waals surface area contributed by atoms with Gasteiger partial charge in [0.2, 0.25) is 11.7 Å². The van der Waals surface area contributed by atoms with Crippen molar-refractivity contribution in [2.24, 2.45) is 16.2 Å². The van der Waals surface area contributed by atoms with Crippen LogP contribution in [0.15, 0.2) is 48.1 Å². The van der Waals surface area contributed by atoms with Crippen LogP contribution in [0.1, 0.15) is 145 Å². The van der Waals surface area contributed by atoms with E-state index in [0.717, 1.165) is 103 Å². The third-order valence-electron chi connectivity index (χ3n) is 13.8. The molecule has 382 valence electrons. The van der Waals surface area contributed by atoms with Gasteiger partial charge in [-0.25, -0.2) is 9.59 Å². The Morgan fingerprint density at radius 2 is 1.51 bits per heavy atom. The van der Waals surface area contributed by atoms with E-state index in [1.807, 2.05) is 17.8 Å². The van der Waals surface area contributed by atoms with Gasteiger partial charge >= 0.3 is 12.1 Å². The zero-order chi connectivity index (χ0) is 50.8. The van der Waals surface area contributed by atoms with E-state index in [4.69, 9.17) is 15.0 Å². The van der Waals surface area contributed by atoms with Crippen LogP contribution < -0.4 is 21.3 Å². The standard InChI is InChI=1S/C28H52N4O2.C11H20N2O2.C11H13NO2.CH4O.CH2O/c1-21-12-11-17-32(21)24(33)23(28(7)13-9-8-10-14-28)30-25(34)29-22(26(2,3)4)20-31-18-15-27(5,6)16-19-31;1-4-6-7-9(12-3)10(14)11(15)13-8-5-2;13-11(14)12-7-6-9-4-2-1-3-5-10(9)8-12;2*1-2/h21-23H,8-20H2,1-7H3,(H2,29,30,34);5,9,12H,2,4,6-8H2,1,3H3,(H,13,15);2-5H,1,6-8H2,(H,13,14);2H,1H3;1H2. The van der Waals surface area contributed by atoms with Crippen molar-refractivity contribution in [2.45, 2.75) is 169 Å². The number of carbonyl (C=O) groups is 6. The smallest absolute Gasteiger partial charge is 0.407 e. The normalized spacial score (nSPS) is 20.9. The Balaban J connectivity index is 0.000000561. The van der Waals surface area contributed by atoms with E-state index < -0.39 is 23.8 Å². The molecule has 3 fully saturated rings. The molecule has 5 aliphatic rings. The van der Waals surface area contributed by atoms with Gasteiger partial charge in [0.25, 0.3) is 5.91 Å². The number of unbranched alkanes of at least 4 members (excludes halogenated alkanes) is 1. The number of likely N-dealkylation sites (N-methyl/N-ethyl adjacent to an activating group) is 1. The molecule has 6 N–H and O–H groups in total. The van der Waals surface area contributed by atoms with Gasteiger partial charge < -0.3 is 51.0 Å². The number of nitrogens with one attached hydrogen (secondary N) is 4. The molecule has 0 aromatic carbocycles. The molecule has 3 heterocycles. The van der Waals surface area contributed by atoms with Crippen molar-refractivity contribution in [3.63, 3.8) is 0 Å². The van der Waals surface area contributed by atoms with Crippen molar-refractivity contribution in [1.82, 2.24) is 36.0 Å². The summed E-state index contributed by atoms with van der Waals surface area (Å²) in [5.74, 6) is -0.812. The average molecular weight is 942 g/mol. The zero-order valence-electron chi connectivity index (χ0n) is 43.1. The number of hydrogen-bond acceptors (Lipinski definition) is 9. The summed E-state index contributed by atoms with van der Waals surface area (Å²) in [6, 6.07) is -0.721. The van der Waals surface area contributed by atoms with Crippen LogP contribution >= 0.6 is 0 Å². The summed E-state index contributed by atoms with van der Waals surface area (Å²) in [6.07, 6.45) is 23.5. The number of carbonyl (C=O) groups excluding carboxylic acids is 5. The second kappa shape index (κ2) is 30.9. The summed E-state index contributed by atoms with van der Waals surface area (Å²) < 4.78 is 0. The first kappa shape index (κ1) is 60.7. The number of piperidine rings is 1. The first-order chi connectivity index (χ1) is 31.7. The molecule has 15 heteroatoms. The van der Waals surface area contributed by atoms with E-state index in [1.165, 1.54) is 29.7 Å². The molecular weight excluding hydrogens is 851 g/mol. The maximum Gasteiger partial charge on any atom is 0.407 e. The van der Waals surface area contributed by atoms with Crippen LogP contribution in [-0.4, -0.2) is 146 Å². The quantitative estimate of drug-likeness (QED) is 0.0753. The molecule has 4 unspecified atom stereocenters. The Morgan fingerprint density at radius 3 is 2.03 bits per heavy atom. The molecule has 2 aliphatic carbocycles. The Morgan fingerprint density at radius 1 is 0.896 bits per heavy atom. The lowest BCUT2D eigenvalue weighted by molar-refractivity contribution is -0.139. The van der Waals surface area contributed by atoms with Crippen molar-refractivity contribution < 1.29 is 39.0 Å². The van der Waals surface area contributed by atoms with Crippen molar-refractivity contribution in [3.8, 4) is 0 Å². The van der Waals surface area contributed by atoms with Crippen molar-refractivity contribution in [1.29, 1.82) is 0 Å². The minimum absolute atomic E-state index is 0.0225. The SMILES string of the molecule is C=CCNC(=O)C(=O)C(CCCC)NC.C=O.CC1CCCN1C(=O)C(NC(=O)NC(CN1CCC(C)(C)CC1)C(C)(C)C)C1(C)CCCCC1.CO.O=C(O)N1CCC2=C(C=CCC=C2)C1. The number of rotatable bonds is 14. The number of Topliss-reactive ketones (excluding diaryl/α,β-unsaturated/α-hetero) is 1. The van der Waals surface area contributed by atoms with Crippen molar-refractivity contribution in [3.05, 3.63) is 48.1 Å². The molecule has 5 rings (SSSR count). The minimum Gasteiger partial charge on any atom is -0.465 e. The van der Waals surface area contributed by atoms with E-state index in [2.05, 4.69) is 106 Å². The molecule has 1 saturated carbocycles. The lowest BCUT2D eigenvalue weighted by Crippen LogP contribution is -2.61. The van der Waals surface area contributed by atoms with Gasteiger partial charge in [-0.2, -0.15) is 0 Å². The molecule has 67 heavy (non-hydrogen) atoms. The van der Waals surface area contributed by atoms with E-state index >= 15 is 0 Å². The highest BCUT2D eigenvalue weighted by atomic mass is 16.4. The third kappa shape index (κ3) is 20.8. The molecule has 5 amide bonds. The van der Waals surface area contributed by atoms with Crippen molar-refractivity contribution >= 4 is 36.5 Å². The minimum atomic E-state index is -0.821. The van der Waals surface area contributed by atoms with Gasteiger partial charge in [-0.3, -0.25) is 14.4 Å². The Kier molecular flexibility index (Phi) is 28.0. The Hall–Kier alpha value is -4.34. The number of aliphatic hydroxyl groups is 1. The van der Waals surface area contributed by atoms with Crippen LogP contribution in [0.4, 0.5) is 9.59 Å². The predicted octanol–water partition coefficient (Wildman–Crippen LogP) is 7.41. The number of likely N-dealkylation sites (tertiary alicyclic amines) is 2. The maximum absolute atomic E-state index is 13.7. The van der Waals surface area contributed by atoms with Crippen LogP contribution in [0.3, 0.4) is 0 Å². The molecule has 0 radical (unpaired) electrons. The van der Waals surface area contributed by atoms with Crippen LogP contribution in [0.5, 0.6) is 0 Å². The summed E-state index contributed by atoms with van der Waals surface area (Å²) in [5.41, 5.74) is 2.60. The van der Waals surface area contributed by atoms with Crippen LogP contribution in [0, 0.1) is 16.2 Å². The summed E-state index contributed by atoms with van der Waals surface area (Å²) in [5, 5.41) is 27.7.